The smallest absolute Gasteiger partial charge is 0.240 e. The Balaban J connectivity index is 2.27. The topological polar surface area (TPSA) is 41.8 Å². The minimum absolute atomic E-state index is 0.296. The van der Waals surface area contributed by atoms with Crippen molar-refractivity contribution >= 4 is 10.9 Å². The maximum atomic E-state index is 12.1. The van der Waals surface area contributed by atoms with Gasteiger partial charge in [-0.3, -0.25) is 0 Å². The first-order valence-corrected chi connectivity index (χ1v) is 4.77. The molecule has 0 aliphatic rings. The fourth-order valence-electron chi connectivity index (χ4n) is 1.63. The Morgan fingerprint density at radius 1 is 1.27 bits per heavy atom. The molecule has 0 bridgehead atoms. The zero-order valence-corrected chi connectivity index (χ0v) is 8.08. The van der Waals surface area contributed by atoms with Crippen LogP contribution < -0.4 is 5.73 Å². The molecule has 0 saturated heterocycles. The summed E-state index contributed by atoms with van der Waals surface area (Å²) in [7, 11) is 0. The lowest BCUT2D eigenvalue weighted by Crippen LogP contribution is -2.13. The maximum absolute atomic E-state index is 12.1. The number of benzene rings is 1. The van der Waals surface area contributed by atoms with Crippen LogP contribution in [0, 0.1) is 0 Å². The van der Waals surface area contributed by atoms with Crippen molar-refractivity contribution in [1.82, 2.24) is 4.98 Å². The summed E-state index contributed by atoms with van der Waals surface area (Å²) >= 11 is 0. The van der Waals surface area contributed by atoms with Crippen molar-refractivity contribution in [2.45, 2.75) is 18.9 Å². The van der Waals surface area contributed by atoms with Gasteiger partial charge in [0.15, 0.2) is 0 Å². The third-order valence-electron chi connectivity index (χ3n) is 2.44. The Morgan fingerprint density at radius 3 is 2.80 bits per heavy atom. The molecule has 1 atom stereocenters. The molecule has 15 heavy (non-hydrogen) atoms. The molecule has 2 aromatic rings. The normalized spacial score (nSPS) is 13.6. The van der Waals surface area contributed by atoms with Crippen molar-refractivity contribution in [2.24, 2.45) is 5.73 Å². The average Bonchev–Trinajstić information content (AvgIpc) is 2.62. The summed E-state index contributed by atoms with van der Waals surface area (Å²) in [5.74, 6) is 0. The SMILES string of the molecule is N[C@H](CC(F)F)c1ccc2[nH]ccc2c1. The number of rotatable bonds is 3. The summed E-state index contributed by atoms with van der Waals surface area (Å²) in [4.78, 5) is 3.04. The van der Waals surface area contributed by atoms with E-state index >= 15 is 0 Å². The number of fused-ring (bicyclic) bond motifs is 1. The van der Waals surface area contributed by atoms with Gasteiger partial charge in [0.1, 0.15) is 0 Å². The van der Waals surface area contributed by atoms with Crippen molar-refractivity contribution < 1.29 is 8.78 Å². The molecular weight excluding hydrogens is 198 g/mol. The molecule has 0 saturated carbocycles. The van der Waals surface area contributed by atoms with Crippen LogP contribution in [-0.2, 0) is 0 Å². The molecule has 0 aliphatic heterocycles. The van der Waals surface area contributed by atoms with Gasteiger partial charge in [0.2, 0.25) is 6.43 Å². The number of hydrogen-bond acceptors (Lipinski definition) is 1. The summed E-state index contributed by atoms with van der Waals surface area (Å²) in [6.45, 7) is 0. The van der Waals surface area contributed by atoms with Gasteiger partial charge < -0.3 is 10.7 Å². The highest BCUT2D eigenvalue weighted by molar-refractivity contribution is 5.80. The van der Waals surface area contributed by atoms with Crippen LogP contribution in [0.25, 0.3) is 10.9 Å². The van der Waals surface area contributed by atoms with Crippen LogP contribution in [0.1, 0.15) is 18.0 Å². The van der Waals surface area contributed by atoms with Crippen molar-refractivity contribution in [3.63, 3.8) is 0 Å². The second-order valence-corrected chi connectivity index (χ2v) is 3.56. The molecule has 80 valence electrons. The Labute approximate surface area is 86.1 Å². The van der Waals surface area contributed by atoms with Gasteiger partial charge in [-0.25, -0.2) is 8.78 Å². The van der Waals surface area contributed by atoms with Crippen LogP contribution in [0.2, 0.25) is 0 Å². The second kappa shape index (κ2) is 3.98. The minimum Gasteiger partial charge on any atom is -0.361 e. The molecule has 1 heterocycles. The van der Waals surface area contributed by atoms with Crippen LogP contribution in [0.4, 0.5) is 8.78 Å². The van der Waals surface area contributed by atoms with E-state index in [1.165, 1.54) is 0 Å². The van der Waals surface area contributed by atoms with Crippen molar-refractivity contribution in [3.8, 4) is 0 Å². The number of alkyl halides is 2. The van der Waals surface area contributed by atoms with Crippen LogP contribution in [0.5, 0.6) is 0 Å². The predicted molar refractivity (Wildman–Crippen MR) is 55.8 cm³/mol. The number of H-pyrrole nitrogens is 1. The van der Waals surface area contributed by atoms with Crippen molar-refractivity contribution in [3.05, 3.63) is 36.0 Å². The number of aromatic amines is 1. The van der Waals surface area contributed by atoms with E-state index in [1.54, 1.807) is 6.07 Å². The van der Waals surface area contributed by atoms with Crippen LogP contribution in [0.3, 0.4) is 0 Å². The van der Waals surface area contributed by atoms with E-state index in [-0.39, 0.29) is 6.42 Å². The molecule has 2 rings (SSSR count). The highest BCUT2D eigenvalue weighted by atomic mass is 19.3. The van der Waals surface area contributed by atoms with E-state index < -0.39 is 12.5 Å². The first kappa shape index (κ1) is 10.1. The predicted octanol–water partition coefficient (Wildman–Crippen LogP) is 2.82. The Hall–Kier alpha value is -1.42. The molecule has 4 heteroatoms. The van der Waals surface area contributed by atoms with E-state index in [1.807, 2.05) is 24.4 Å². The van der Waals surface area contributed by atoms with Crippen molar-refractivity contribution in [2.75, 3.05) is 0 Å². The minimum atomic E-state index is -2.36. The number of nitrogens with one attached hydrogen (secondary N) is 1. The first-order chi connectivity index (χ1) is 7.16. The van der Waals surface area contributed by atoms with Crippen LogP contribution >= 0.6 is 0 Å². The van der Waals surface area contributed by atoms with Gasteiger partial charge in [-0.05, 0) is 29.1 Å². The van der Waals surface area contributed by atoms with Gasteiger partial charge in [-0.2, -0.15) is 0 Å². The van der Waals surface area contributed by atoms with Gasteiger partial charge in [-0.1, -0.05) is 6.07 Å². The lowest BCUT2D eigenvalue weighted by Gasteiger charge is -2.11. The molecule has 0 amide bonds. The Morgan fingerprint density at radius 2 is 2.07 bits per heavy atom. The van der Waals surface area contributed by atoms with Crippen molar-refractivity contribution in [1.29, 1.82) is 0 Å². The number of hydrogen-bond donors (Lipinski definition) is 2. The van der Waals surface area contributed by atoms with Gasteiger partial charge in [0.05, 0.1) is 0 Å². The molecule has 0 radical (unpaired) electrons. The third-order valence-corrected chi connectivity index (χ3v) is 2.44. The van der Waals surface area contributed by atoms with E-state index in [2.05, 4.69) is 4.98 Å². The largest absolute Gasteiger partial charge is 0.361 e. The third kappa shape index (κ3) is 2.15. The molecule has 1 aromatic carbocycles. The molecule has 3 N–H and O–H groups in total. The summed E-state index contributed by atoms with van der Waals surface area (Å²) in [6, 6.07) is 6.79. The zero-order valence-electron chi connectivity index (χ0n) is 8.08. The fourth-order valence-corrected chi connectivity index (χ4v) is 1.63. The highest BCUT2D eigenvalue weighted by Crippen LogP contribution is 2.22. The standard InChI is InChI=1S/C11H12F2N2/c12-11(13)6-9(14)7-1-2-10-8(5-7)3-4-15-10/h1-5,9,11,15H,6,14H2/t9-/m1/s1. The quantitative estimate of drug-likeness (QED) is 0.803. The second-order valence-electron chi connectivity index (χ2n) is 3.56. The lowest BCUT2D eigenvalue weighted by molar-refractivity contribution is 0.128. The lowest BCUT2D eigenvalue weighted by atomic mass is 10.0. The van der Waals surface area contributed by atoms with E-state index in [4.69, 9.17) is 5.73 Å². The van der Waals surface area contributed by atoms with E-state index in [0.29, 0.717) is 0 Å². The molecule has 0 unspecified atom stereocenters. The Bertz CT molecular complexity index is 451. The maximum Gasteiger partial charge on any atom is 0.240 e. The van der Waals surface area contributed by atoms with E-state index in [9.17, 15) is 8.78 Å². The number of aromatic nitrogens is 1. The Kier molecular flexibility index (Phi) is 2.68. The van der Waals surface area contributed by atoms with Gasteiger partial charge >= 0.3 is 0 Å². The average molecular weight is 210 g/mol. The van der Waals surface area contributed by atoms with Crippen LogP contribution in [0.15, 0.2) is 30.5 Å². The molecular formula is C11H12F2N2. The first-order valence-electron chi connectivity index (χ1n) is 4.77. The van der Waals surface area contributed by atoms with Gasteiger partial charge in [0, 0.05) is 24.2 Å². The number of nitrogens with two attached hydrogens (primary N) is 1. The summed E-state index contributed by atoms with van der Waals surface area (Å²) in [5.41, 5.74) is 7.41. The molecule has 1 aromatic heterocycles. The zero-order chi connectivity index (χ0) is 10.8. The molecule has 0 fully saturated rings. The van der Waals surface area contributed by atoms with Crippen LogP contribution in [-0.4, -0.2) is 11.4 Å². The summed E-state index contributed by atoms with van der Waals surface area (Å²) in [6.07, 6.45) is -0.842. The molecule has 2 nitrogen and oxygen atoms in total. The summed E-state index contributed by atoms with van der Waals surface area (Å²) in [5, 5.41) is 0.997. The molecule has 0 spiro atoms. The number of halogens is 2. The monoisotopic (exact) mass is 210 g/mol. The van der Waals surface area contributed by atoms with E-state index in [0.717, 1.165) is 16.5 Å². The van der Waals surface area contributed by atoms with Gasteiger partial charge in [0.25, 0.3) is 0 Å². The fraction of sp³-hybridized carbons (Fsp3) is 0.273. The molecule has 0 aliphatic carbocycles. The highest BCUT2D eigenvalue weighted by Gasteiger charge is 2.13. The summed E-state index contributed by atoms with van der Waals surface area (Å²) < 4.78 is 24.3. The van der Waals surface area contributed by atoms with Gasteiger partial charge in [-0.15, -0.1) is 0 Å².